The molecule has 136 valence electrons. The minimum atomic E-state index is -0.535. The third kappa shape index (κ3) is 4.62. The van der Waals surface area contributed by atoms with Gasteiger partial charge in [0, 0.05) is 30.9 Å². The fourth-order valence-electron chi connectivity index (χ4n) is 2.48. The van der Waals surface area contributed by atoms with Crippen molar-refractivity contribution in [1.82, 2.24) is 0 Å². The van der Waals surface area contributed by atoms with Gasteiger partial charge in [-0.15, -0.1) is 0 Å². The summed E-state index contributed by atoms with van der Waals surface area (Å²) in [5, 5.41) is 0. The molecule has 6 heteroatoms. The lowest BCUT2D eigenvalue weighted by Crippen LogP contribution is -2.10. The van der Waals surface area contributed by atoms with Gasteiger partial charge in [0.15, 0.2) is 17.9 Å². The summed E-state index contributed by atoms with van der Waals surface area (Å²) in [6.07, 6.45) is -0.802. The number of carbonyl (C=O) groups excluding carboxylic acids is 3. The van der Waals surface area contributed by atoms with E-state index in [1.807, 2.05) is 0 Å². The Kier molecular flexibility index (Phi) is 6.77. The number of Topliss-reactive ketones (excluding diaryl/α,β-unsaturated/α-hetero) is 2. The van der Waals surface area contributed by atoms with Crippen molar-refractivity contribution in [2.24, 2.45) is 0 Å². The molecule has 0 N–H and O–H groups in total. The van der Waals surface area contributed by atoms with Gasteiger partial charge in [0.1, 0.15) is 0 Å². The van der Waals surface area contributed by atoms with E-state index in [9.17, 15) is 14.4 Å². The van der Waals surface area contributed by atoms with Crippen LogP contribution in [0.3, 0.4) is 0 Å². The highest BCUT2D eigenvalue weighted by Gasteiger charge is 2.16. The van der Waals surface area contributed by atoms with Crippen molar-refractivity contribution >= 4 is 17.5 Å². The minimum absolute atomic E-state index is 0.264. The van der Waals surface area contributed by atoms with Gasteiger partial charge in [-0.3, -0.25) is 9.59 Å². The minimum Gasteiger partial charge on any atom is -0.465 e. The summed E-state index contributed by atoms with van der Waals surface area (Å²) in [6, 6.07) is 12.8. The molecule has 6 nitrogen and oxygen atoms in total. The molecule has 0 aliphatic heterocycles. The number of hydrogen-bond acceptors (Lipinski definition) is 6. The largest absolute Gasteiger partial charge is 0.465 e. The molecule has 0 saturated carbocycles. The van der Waals surface area contributed by atoms with Crippen LogP contribution in [0, 0.1) is 0 Å². The molecule has 0 aliphatic carbocycles. The fraction of sp³-hybridized carbons (Fsp3) is 0.250. The van der Waals surface area contributed by atoms with Crippen molar-refractivity contribution in [2.45, 2.75) is 12.7 Å². The number of rotatable bonds is 8. The molecular weight excluding hydrogens is 336 g/mol. The first-order valence-corrected chi connectivity index (χ1v) is 7.90. The first-order chi connectivity index (χ1) is 12.5. The Balaban J connectivity index is 2.09. The van der Waals surface area contributed by atoms with Gasteiger partial charge in [-0.1, -0.05) is 36.4 Å². The molecule has 26 heavy (non-hydrogen) atoms. The lowest BCUT2D eigenvalue weighted by atomic mass is 9.99. The van der Waals surface area contributed by atoms with Crippen LogP contribution in [0.15, 0.2) is 48.5 Å². The Labute approximate surface area is 151 Å². The highest BCUT2D eigenvalue weighted by Crippen LogP contribution is 2.19. The van der Waals surface area contributed by atoms with Crippen LogP contribution in [-0.2, 0) is 14.2 Å². The Bertz CT molecular complexity index is 790. The van der Waals surface area contributed by atoms with Crippen LogP contribution in [0.1, 0.15) is 49.3 Å². The summed E-state index contributed by atoms with van der Waals surface area (Å²) in [5.74, 6) is -1.21. The second kappa shape index (κ2) is 9.03. The summed E-state index contributed by atoms with van der Waals surface area (Å²) >= 11 is 0. The summed E-state index contributed by atoms with van der Waals surface area (Å²) < 4.78 is 14.9. The van der Waals surface area contributed by atoms with Crippen LogP contribution in [0.4, 0.5) is 0 Å². The van der Waals surface area contributed by atoms with Gasteiger partial charge in [-0.25, -0.2) is 4.79 Å². The zero-order valence-corrected chi connectivity index (χ0v) is 14.9. The van der Waals surface area contributed by atoms with E-state index in [4.69, 9.17) is 9.47 Å². The Hall–Kier alpha value is -2.83. The zero-order valence-electron chi connectivity index (χ0n) is 14.9. The van der Waals surface area contributed by atoms with Gasteiger partial charge in [0.2, 0.25) is 0 Å². The normalized spacial score (nSPS) is 10.6. The Morgan fingerprint density at radius 2 is 1.38 bits per heavy atom. The summed E-state index contributed by atoms with van der Waals surface area (Å²) in [5.41, 5.74) is 1.73. The third-order valence-corrected chi connectivity index (χ3v) is 3.86. The van der Waals surface area contributed by atoms with E-state index in [-0.39, 0.29) is 29.1 Å². The third-order valence-electron chi connectivity index (χ3n) is 3.86. The second-order valence-electron chi connectivity index (χ2n) is 5.52. The van der Waals surface area contributed by atoms with Gasteiger partial charge in [-0.2, -0.15) is 0 Å². The molecular formula is C20H20O6. The van der Waals surface area contributed by atoms with Gasteiger partial charge in [-0.05, 0) is 12.1 Å². The van der Waals surface area contributed by atoms with Crippen LogP contribution in [0.5, 0.6) is 0 Å². The van der Waals surface area contributed by atoms with E-state index in [1.54, 1.807) is 42.5 Å². The van der Waals surface area contributed by atoms with Crippen LogP contribution < -0.4 is 0 Å². The van der Waals surface area contributed by atoms with E-state index in [1.165, 1.54) is 27.4 Å². The second-order valence-corrected chi connectivity index (χ2v) is 5.52. The Morgan fingerprint density at radius 1 is 0.808 bits per heavy atom. The van der Waals surface area contributed by atoms with E-state index < -0.39 is 12.3 Å². The average Bonchev–Trinajstić information content (AvgIpc) is 2.68. The topological polar surface area (TPSA) is 78.9 Å². The smallest absolute Gasteiger partial charge is 0.337 e. The van der Waals surface area contributed by atoms with Crippen LogP contribution in [0.25, 0.3) is 0 Å². The molecule has 2 aromatic rings. The number of ketones is 2. The molecule has 0 saturated heterocycles. The lowest BCUT2D eigenvalue weighted by molar-refractivity contribution is -0.106. The zero-order chi connectivity index (χ0) is 19.1. The van der Waals surface area contributed by atoms with Crippen molar-refractivity contribution in [1.29, 1.82) is 0 Å². The van der Waals surface area contributed by atoms with Gasteiger partial charge in [0.05, 0.1) is 19.1 Å². The maximum Gasteiger partial charge on any atom is 0.337 e. The highest BCUT2D eigenvalue weighted by molar-refractivity contribution is 6.14. The number of hydrogen-bond donors (Lipinski definition) is 0. The van der Waals surface area contributed by atoms with Crippen molar-refractivity contribution < 1.29 is 28.6 Å². The SMILES string of the molecule is COC(=O)c1cccc(C(=O)CC(=O)c2ccc(C(OC)OC)cc2)c1. The standard InChI is InChI=1S/C20H20O6/c1-24-19(23)16-6-4-5-15(11-16)18(22)12-17(21)13-7-9-14(10-8-13)20(25-2)26-3/h4-11,20H,12H2,1-3H3. The molecule has 0 heterocycles. The monoisotopic (exact) mass is 356 g/mol. The quantitative estimate of drug-likeness (QED) is 0.313. The summed E-state index contributed by atoms with van der Waals surface area (Å²) in [4.78, 5) is 36.2. The Morgan fingerprint density at radius 3 is 1.96 bits per heavy atom. The molecule has 0 aliphatic rings. The van der Waals surface area contributed by atoms with E-state index in [2.05, 4.69) is 4.74 Å². The molecule has 0 atom stereocenters. The number of methoxy groups -OCH3 is 3. The maximum absolute atomic E-state index is 12.3. The van der Waals surface area contributed by atoms with Crippen molar-refractivity contribution in [2.75, 3.05) is 21.3 Å². The molecule has 0 unspecified atom stereocenters. The van der Waals surface area contributed by atoms with E-state index >= 15 is 0 Å². The van der Waals surface area contributed by atoms with Gasteiger partial charge >= 0.3 is 5.97 Å². The average molecular weight is 356 g/mol. The maximum atomic E-state index is 12.3. The number of carbonyl (C=O) groups is 3. The molecule has 0 aromatic heterocycles. The first-order valence-electron chi connectivity index (χ1n) is 7.90. The molecule has 0 spiro atoms. The predicted octanol–water partition coefficient (Wildman–Crippen LogP) is 3.22. The molecule has 0 amide bonds. The number of esters is 1. The summed E-state index contributed by atoms with van der Waals surface area (Å²) in [7, 11) is 4.31. The van der Waals surface area contributed by atoms with E-state index in [0.29, 0.717) is 5.56 Å². The predicted molar refractivity (Wildman–Crippen MR) is 94.3 cm³/mol. The van der Waals surface area contributed by atoms with Gasteiger partial charge in [0.25, 0.3) is 0 Å². The molecule has 0 radical (unpaired) electrons. The highest BCUT2D eigenvalue weighted by atomic mass is 16.7. The molecule has 0 fully saturated rings. The first kappa shape index (κ1) is 19.5. The summed E-state index contributed by atoms with van der Waals surface area (Å²) in [6.45, 7) is 0. The lowest BCUT2D eigenvalue weighted by Gasteiger charge is -2.13. The van der Waals surface area contributed by atoms with Crippen molar-refractivity contribution in [3.63, 3.8) is 0 Å². The molecule has 2 rings (SSSR count). The number of benzene rings is 2. The van der Waals surface area contributed by atoms with Crippen LogP contribution in [-0.4, -0.2) is 38.9 Å². The van der Waals surface area contributed by atoms with Crippen molar-refractivity contribution in [3.8, 4) is 0 Å². The van der Waals surface area contributed by atoms with Crippen LogP contribution in [0.2, 0.25) is 0 Å². The van der Waals surface area contributed by atoms with Gasteiger partial charge < -0.3 is 14.2 Å². The fourth-order valence-corrected chi connectivity index (χ4v) is 2.48. The van der Waals surface area contributed by atoms with Crippen LogP contribution >= 0.6 is 0 Å². The molecule has 2 aromatic carbocycles. The molecule has 0 bridgehead atoms. The van der Waals surface area contributed by atoms with E-state index in [0.717, 1.165) is 5.56 Å². The number of ether oxygens (including phenoxy) is 3. The van der Waals surface area contributed by atoms with Crippen molar-refractivity contribution in [3.05, 3.63) is 70.8 Å².